The monoisotopic (exact) mass is 522 g/mol. The Labute approximate surface area is 215 Å². The van der Waals surface area contributed by atoms with E-state index in [0.717, 1.165) is 58.3 Å². The molecule has 0 unspecified atom stereocenters. The van der Waals surface area contributed by atoms with Crippen molar-refractivity contribution in [2.75, 3.05) is 37.0 Å². The molecular weight excluding hydrogens is 492 g/mol. The first-order chi connectivity index (χ1) is 17.2. The number of nitrogens with two attached hydrogens (primary N) is 1. The third-order valence-corrected chi connectivity index (χ3v) is 9.24. The van der Waals surface area contributed by atoms with E-state index in [1.54, 1.807) is 0 Å². The molecule has 5 rings (SSSR count). The third kappa shape index (κ3) is 5.21. The second-order valence-electron chi connectivity index (χ2n) is 9.48. The summed E-state index contributed by atoms with van der Waals surface area (Å²) in [5.74, 6) is 0.792. The zero-order chi connectivity index (χ0) is 25.4. The van der Waals surface area contributed by atoms with Crippen molar-refractivity contribution in [3.8, 4) is 11.3 Å². The molecule has 1 aromatic carbocycles. The lowest BCUT2D eigenvalue weighted by Gasteiger charge is -2.31. The lowest BCUT2D eigenvalue weighted by atomic mass is 10.1. The topological polar surface area (TPSA) is 105 Å². The summed E-state index contributed by atoms with van der Waals surface area (Å²) >= 11 is 1.37. The van der Waals surface area contributed by atoms with Gasteiger partial charge >= 0.3 is 0 Å². The van der Waals surface area contributed by atoms with Gasteiger partial charge in [-0.1, -0.05) is 29.0 Å². The van der Waals surface area contributed by atoms with Crippen LogP contribution in [0.3, 0.4) is 0 Å². The molecule has 1 saturated heterocycles. The van der Waals surface area contributed by atoms with Gasteiger partial charge in [0.25, 0.3) is 0 Å². The van der Waals surface area contributed by atoms with Crippen LogP contribution in [0.5, 0.6) is 0 Å². The van der Waals surface area contributed by atoms with Crippen molar-refractivity contribution in [1.82, 2.24) is 19.9 Å². The Morgan fingerprint density at radius 1 is 1.11 bits per heavy atom. The fourth-order valence-electron chi connectivity index (χ4n) is 4.65. The molecule has 4 aromatic rings. The molecule has 4 heterocycles. The number of pyridine rings is 2. The maximum absolute atomic E-state index is 11.9. The number of likely N-dealkylation sites (tertiary alicyclic amines) is 1. The number of nitrogens with zero attached hydrogens (tertiary/aromatic N) is 5. The number of piperidine rings is 1. The third-order valence-electron chi connectivity index (χ3n) is 6.78. The Hall–Kier alpha value is -3.08. The van der Waals surface area contributed by atoms with Crippen molar-refractivity contribution in [1.29, 1.82) is 0 Å². The number of rotatable bonds is 6. The first-order valence-electron chi connectivity index (χ1n) is 11.9. The van der Waals surface area contributed by atoms with Crippen LogP contribution in [0, 0.1) is 6.92 Å². The zero-order valence-corrected chi connectivity index (χ0v) is 22.3. The summed E-state index contributed by atoms with van der Waals surface area (Å²) < 4.78 is 23.8. The molecule has 0 atom stereocenters. The van der Waals surface area contributed by atoms with Gasteiger partial charge in [0.15, 0.2) is 5.13 Å². The van der Waals surface area contributed by atoms with E-state index in [0.29, 0.717) is 18.0 Å². The smallest absolute Gasteiger partial charge is 0.182 e. The van der Waals surface area contributed by atoms with E-state index in [2.05, 4.69) is 52.1 Å². The van der Waals surface area contributed by atoms with Crippen LogP contribution in [0.15, 0.2) is 48.7 Å². The van der Waals surface area contributed by atoms with Crippen LogP contribution in [-0.4, -0.2) is 59.9 Å². The Kier molecular flexibility index (Phi) is 6.67. The molecule has 188 valence electrons. The lowest BCUT2D eigenvalue weighted by Crippen LogP contribution is -2.38. The summed E-state index contributed by atoms with van der Waals surface area (Å²) in [7, 11) is -0.983. The predicted molar refractivity (Wildman–Crippen MR) is 147 cm³/mol. The summed E-state index contributed by atoms with van der Waals surface area (Å²) in [6.07, 6.45) is 4.51. The molecular formula is C26H30N6O2S2. The maximum Gasteiger partial charge on any atom is 0.182 e. The standard InChI is InChI=1S/C26H30N6O2S2/c1-17-4-6-19(7-5-17)31(2)23-15-21(24-25(29-23)35-26(27)30-24)22-14-18(8-11-28-22)16-32-12-9-20(10-13-32)36(3,33)34/h4-8,11,14-15,20H,9-10,12-13,16H2,1-3H3,(H2,27,30). The molecule has 0 amide bonds. The molecule has 2 N–H and O–H groups in total. The van der Waals surface area contributed by atoms with E-state index in [4.69, 9.17) is 10.7 Å². The van der Waals surface area contributed by atoms with Crippen LogP contribution >= 0.6 is 11.3 Å². The fraction of sp³-hybridized carbons (Fsp3) is 0.346. The number of sulfone groups is 1. The Bertz CT molecular complexity index is 1490. The first-order valence-corrected chi connectivity index (χ1v) is 14.7. The van der Waals surface area contributed by atoms with Gasteiger partial charge in [-0.25, -0.2) is 18.4 Å². The van der Waals surface area contributed by atoms with Crippen LogP contribution in [0.2, 0.25) is 0 Å². The van der Waals surface area contributed by atoms with Gasteiger partial charge in [-0.3, -0.25) is 9.88 Å². The highest BCUT2D eigenvalue weighted by Crippen LogP contribution is 2.35. The number of hydrogen-bond donors (Lipinski definition) is 1. The molecule has 3 aromatic heterocycles. The molecule has 8 nitrogen and oxygen atoms in total. The summed E-state index contributed by atoms with van der Waals surface area (Å²) in [6.45, 7) is 4.35. The highest BCUT2D eigenvalue weighted by Gasteiger charge is 2.26. The fourth-order valence-corrected chi connectivity index (χ4v) is 6.45. The van der Waals surface area contributed by atoms with Gasteiger partial charge in [0.1, 0.15) is 26.0 Å². The van der Waals surface area contributed by atoms with Crippen LogP contribution < -0.4 is 10.6 Å². The van der Waals surface area contributed by atoms with E-state index in [9.17, 15) is 8.42 Å². The van der Waals surface area contributed by atoms with Crippen molar-refractivity contribution in [3.63, 3.8) is 0 Å². The molecule has 1 aliphatic rings. The predicted octanol–water partition coefficient (Wildman–Crippen LogP) is 4.42. The van der Waals surface area contributed by atoms with Crippen LogP contribution in [0.1, 0.15) is 24.0 Å². The van der Waals surface area contributed by atoms with E-state index < -0.39 is 9.84 Å². The minimum absolute atomic E-state index is 0.231. The van der Waals surface area contributed by atoms with Crippen molar-refractivity contribution in [2.24, 2.45) is 0 Å². The van der Waals surface area contributed by atoms with Gasteiger partial charge in [0.05, 0.1) is 10.9 Å². The highest BCUT2D eigenvalue weighted by atomic mass is 32.2. The Morgan fingerprint density at radius 3 is 2.53 bits per heavy atom. The van der Waals surface area contributed by atoms with Gasteiger partial charge in [-0.15, -0.1) is 0 Å². The number of fused-ring (bicyclic) bond motifs is 1. The highest BCUT2D eigenvalue weighted by molar-refractivity contribution is 7.91. The van der Waals surface area contributed by atoms with Crippen molar-refractivity contribution >= 4 is 48.2 Å². The van der Waals surface area contributed by atoms with Crippen LogP contribution in [0.4, 0.5) is 16.6 Å². The van der Waals surface area contributed by atoms with Crippen molar-refractivity contribution in [3.05, 3.63) is 59.8 Å². The van der Waals surface area contributed by atoms with Gasteiger partial charge < -0.3 is 10.6 Å². The number of hydrogen-bond acceptors (Lipinski definition) is 9. The number of anilines is 3. The number of aryl methyl sites for hydroxylation is 1. The summed E-state index contributed by atoms with van der Waals surface area (Å²) in [4.78, 5) is 19.2. The number of nitrogen functional groups attached to an aromatic ring is 1. The first kappa shape index (κ1) is 24.6. The molecule has 0 aliphatic carbocycles. The summed E-state index contributed by atoms with van der Waals surface area (Å²) in [5.41, 5.74) is 11.9. The zero-order valence-electron chi connectivity index (χ0n) is 20.7. The Balaban J connectivity index is 1.45. The largest absolute Gasteiger partial charge is 0.375 e. The summed E-state index contributed by atoms with van der Waals surface area (Å²) in [6, 6.07) is 14.4. The average molecular weight is 523 g/mol. The Morgan fingerprint density at radius 2 is 1.83 bits per heavy atom. The average Bonchev–Trinajstić information content (AvgIpc) is 3.23. The summed E-state index contributed by atoms with van der Waals surface area (Å²) in [5, 5.41) is 0.240. The van der Waals surface area contributed by atoms with E-state index in [1.807, 2.05) is 30.3 Å². The minimum atomic E-state index is -2.98. The second-order valence-corrected chi connectivity index (χ2v) is 12.8. The van der Waals surface area contributed by atoms with Gasteiger partial charge in [-0.2, -0.15) is 0 Å². The van der Waals surface area contributed by atoms with Crippen molar-refractivity contribution in [2.45, 2.75) is 31.6 Å². The number of thiazole rings is 1. The van der Waals surface area contributed by atoms with E-state index >= 15 is 0 Å². The lowest BCUT2D eigenvalue weighted by molar-refractivity contribution is 0.222. The van der Waals surface area contributed by atoms with Crippen molar-refractivity contribution < 1.29 is 8.42 Å². The molecule has 0 radical (unpaired) electrons. The number of aromatic nitrogens is 3. The van der Waals surface area contributed by atoms with Crippen LogP contribution in [-0.2, 0) is 16.4 Å². The minimum Gasteiger partial charge on any atom is -0.375 e. The molecule has 10 heteroatoms. The molecule has 1 fully saturated rings. The normalized spacial score (nSPS) is 15.4. The number of benzene rings is 1. The van der Waals surface area contributed by atoms with E-state index in [1.165, 1.54) is 23.2 Å². The molecule has 1 aliphatic heterocycles. The molecule has 0 bridgehead atoms. The molecule has 0 saturated carbocycles. The van der Waals surface area contributed by atoms with Gasteiger partial charge in [0, 0.05) is 37.3 Å². The molecule has 36 heavy (non-hydrogen) atoms. The van der Waals surface area contributed by atoms with Crippen LogP contribution in [0.25, 0.3) is 21.6 Å². The molecule has 0 spiro atoms. The SMILES string of the molecule is Cc1ccc(N(C)c2cc(-c3cc(CN4CCC(S(C)(=O)=O)CC4)ccn3)c3nc(N)sc3n2)cc1. The van der Waals surface area contributed by atoms with Gasteiger partial charge in [-0.05, 0) is 68.8 Å². The van der Waals surface area contributed by atoms with E-state index in [-0.39, 0.29) is 5.25 Å². The van der Waals surface area contributed by atoms with Gasteiger partial charge in [0.2, 0.25) is 0 Å². The quantitative estimate of drug-likeness (QED) is 0.397. The second kappa shape index (κ2) is 9.76. The maximum atomic E-state index is 11.9.